The molecule has 0 saturated heterocycles. The number of fused-ring (bicyclic) bond motifs is 1. The number of anilines is 1. The SMILES string of the molecule is Cc1cc(-c2cc(C(=O)N3CCC(=O)c4ccccc43)[nH]n2)ccc1F. The zero-order valence-electron chi connectivity index (χ0n) is 14.1. The normalized spacial score (nSPS) is 13.6. The zero-order chi connectivity index (χ0) is 18.3. The van der Waals surface area contributed by atoms with E-state index in [1.54, 1.807) is 54.3 Å². The second-order valence-electron chi connectivity index (χ2n) is 6.28. The molecule has 6 heteroatoms. The highest BCUT2D eigenvalue weighted by atomic mass is 19.1. The summed E-state index contributed by atoms with van der Waals surface area (Å²) in [5.74, 6) is -0.491. The molecule has 130 valence electrons. The van der Waals surface area contributed by atoms with E-state index in [0.29, 0.717) is 41.2 Å². The molecule has 4 rings (SSSR count). The van der Waals surface area contributed by atoms with E-state index >= 15 is 0 Å². The van der Waals surface area contributed by atoms with Crippen molar-refractivity contribution in [3.05, 3.63) is 71.2 Å². The highest BCUT2D eigenvalue weighted by Gasteiger charge is 2.28. The standard InChI is InChI=1S/C20H16FN3O2/c1-12-10-13(6-7-15(12)21)16-11-17(23-22-16)20(26)24-9-8-19(25)14-4-2-3-5-18(14)24/h2-7,10-11H,8-9H2,1H3,(H,22,23). The van der Waals surface area contributed by atoms with Gasteiger partial charge in [0.2, 0.25) is 0 Å². The van der Waals surface area contributed by atoms with Crippen molar-refractivity contribution < 1.29 is 14.0 Å². The number of para-hydroxylation sites is 1. The number of benzene rings is 2. The Morgan fingerprint density at radius 1 is 1.19 bits per heavy atom. The molecule has 1 amide bonds. The van der Waals surface area contributed by atoms with Crippen molar-refractivity contribution in [2.24, 2.45) is 0 Å². The lowest BCUT2D eigenvalue weighted by Gasteiger charge is -2.28. The first-order chi connectivity index (χ1) is 12.5. The summed E-state index contributed by atoms with van der Waals surface area (Å²) in [6.45, 7) is 2.01. The van der Waals surface area contributed by atoms with E-state index in [1.165, 1.54) is 6.07 Å². The fourth-order valence-electron chi connectivity index (χ4n) is 3.15. The van der Waals surface area contributed by atoms with E-state index in [-0.39, 0.29) is 17.5 Å². The minimum absolute atomic E-state index is 0.0386. The Balaban J connectivity index is 1.66. The van der Waals surface area contributed by atoms with Crippen LogP contribution in [0.1, 0.15) is 32.8 Å². The summed E-state index contributed by atoms with van der Waals surface area (Å²) >= 11 is 0. The predicted molar refractivity (Wildman–Crippen MR) is 95.8 cm³/mol. The third kappa shape index (κ3) is 2.69. The number of carbonyl (C=O) groups is 2. The summed E-state index contributed by atoms with van der Waals surface area (Å²) in [5.41, 5.74) is 3.31. The molecule has 3 aromatic rings. The van der Waals surface area contributed by atoms with Crippen LogP contribution in [0.25, 0.3) is 11.3 Å². The minimum atomic E-state index is -0.282. The number of hydrogen-bond acceptors (Lipinski definition) is 3. The van der Waals surface area contributed by atoms with Gasteiger partial charge in [-0.1, -0.05) is 12.1 Å². The maximum atomic E-state index is 13.4. The number of hydrogen-bond donors (Lipinski definition) is 1. The first kappa shape index (κ1) is 16.2. The number of H-pyrrole nitrogens is 1. The number of Topliss-reactive ketones (excluding diaryl/α,β-unsaturated/α-hetero) is 1. The summed E-state index contributed by atoms with van der Waals surface area (Å²) < 4.78 is 13.4. The summed E-state index contributed by atoms with van der Waals surface area (Å²) in [5, 5.41) is 6.94. The van der Waals surface area contributed by atoms with Crippen molar-refractivity contribution in [1.82, 2.24) is 10.2 Å². The van der Waals surface area contributed by atoms with Crippen LogP contribution in [-0.2, 0) is 0 Å². The Hall–Kier alpha value is -3.28. The van der Waals surface area contributed by atoms with Crippen LogP contribution in [-0.4, -0.2) is 28.4 Å². The maximum absolute atomic E-state index is 13.4. The van der Waals surface area contributed by atoms with Crippen LogP contribution in [0.5, 0.6) is 0 Å². The summed E-state index contributed by atoms with van der Waals surface area (Å²) in [6, 6.07) is 13.4. The van der Waals surface area contributed by atoms with E-state index in [1.807, 2.05) is 0 Å². The molecule has 0 aliphatic carbocycles. The molecule has 0 radical (unpaired) electrons. The van der Waals surface area contributed by atoms with Crippen molar-refractivity contribution in [1.29, 1.82) is 0 Å². The van der Waals surface area contributed by atoms with Gasteiger partial charge < -0.3 is 4.90 Å². The molecular weight excluding hydrogens is 333 g/mol. The van der Waals surface area contributed by atoms with Gasteiger partial charge in [0, 0.05) is 24.1 Å². The quantitative estimate of drug-likeness (QED) is 0.766. The third-order valence-corrected chi connectivity index (χ3v) is 4.56. The van der Waals surface area contributed by atoms with Crippen molar-refractivity contribution in [2.45, 2.75) is 13.3 Å². The Kier molecular flexibility index (Phi) is 3.88. The van der Waals surface area contributed by atoms with Crippen LogP contribution in [0.15, 0.2) is 48.5 Å². The van der Waals surface area contributed by atoms with Crippen LogP contribution < -0.4 is 4.90 Å². The molecule has 0 fully saturated rings. The predicted octanol–water partition coefficient (Wildman–Crippen LogP) is 3.76. The lowest BCUT2D eigenvalue weighted by atomic mass is 10.00. The number of ketones is 1. The number of aromatic amines is 1. The van der Waals surface area contributed by atoms with E-state index in [0.717, 1.165) is 5.56 Å². The molecule has 26 heavy (non-hydrogen) atoms. The van der Waals surface area contributed by atoms with Crippen molar-refractivity contribution in [3.8, 4) is 11.3 Å². The minimum Gasteiger partial charge on any atom is -0.306 e. The fraction of sp³-hybridized carbons (Fsp3) is 0.150. The van der Waals surface area contributed by atoms with Gasteiger partial charge in [0.05, 0.1) is 11.4 Å². The molecule has 1 aliphatic heterocycles. The van der Waals surface area contributed by atoms with Crippen LogP contribution in [0.3, 0.4) is 0 Å². The Bertz CT molecular complexity index is 1030. The number of halogens is 1. The van der Waals surface area contributed by atoms with E-state index in [2.05, 4.69) is 10.2 Å². The highest BCUT2D eigenvalue weighted by Crippen LogP contribution is 2.28. The van der Waals surface area contributed by atoms with E-state index in [9.17, 15) is 14.0 Å². The largest absolute Gasteiger partial charge is 0.306 e. The second-order valence-corrected chi connectivity index (χ2v) is 6.28. The molecule has 5 nitrogen and oxygen atoms in total. The van der Waals surface area contributed by atoms with E-state index in [4.69, 9.17) is 0 Å². The topological polar surface area (TPSA) is 66.1 Å². The molecule has 0 saturated carbocycles. The van der Waals surface area contributed by atoms with Crippen molar-refractivity contribution in [2.75, 3.05) is 11.4 Å². The second kappa shape index (κ2) is 6.22. The van der Waals surface area contributed by atoms with Gasteiger partial charge in [-0.25, -0.2) is 4.39 Å². The average Bonchev–Trinajstić information content (AvgIpc) is 3.14. The molecule has 2 aromatic carbocycles. The van der Waals surface area contributed by atoms with Crippen LogP contribution in [0.2, 0.25) is 0 Å². The monoisotopic (exact) mass is 349 g/mol. The number of nitrogens with zero attached hydrogens (tertiary/aromatic N) is 2. The average molecular weight is 349 g/mol. The molecular formula is C20H16FN3O2. The van der Waals surface area contributed by atoms with Crippen LogP contribution in [0, 0.1) is 12.7 Å². The van der Waals surface area contributed by atoms with Gasteiger partial charge in [0.25, 0.3) is 5.91 Å². The van der Waals surface area contributed by atoms with Gasteiger partial charge in [-0.2, -0.15) is 5.10 Å². The highest BCUT2D eigenvalue weighted by molar-refractivity contribution is 6.12. The van der Waals surface area contributed by atoms with Crippen LogP contribution >= 0.6 is 0 Å². The number of nitrogens with one attached hydrogen (secondary N) is 1. The van der Waals surface area contributed by atoms with Crippen molar-refractivity contribution in [3.63, 3.8) is 0 Å². The first-order valence-electron chi connectivity index (χ1n) is 8.30. The summed E-state index contributed by atoms with van der Waals surface area (Å²) in [7, 11) is 0. The molecule has 0 bridgehead atoms. The number of carbonyl (C=O) groups excluding carboxylic acids is 2. The Morgan fingerprint density at radius 3 is 2.81 bits per heavy atom. The molecule has 2 heterocycles. The van der Waals surface area contributed by atoms with Gasteiger partial charge in [-0.05, 0) is 48.9 Å². The van der Waals surface area contributed by atoms with Gasteiger partial charge >= 0.3 is 0 Å². The molecule has 0 atom stereocenters. The number of rotatable bonds is 2. The van der Waals surface area contributed by atoms with E-state index < -0.39 is 0 Å². The molecule has 1 aromatic heterocycles. The van der Waals surface area contributed by atoms with Crippen LogP contribution in [0.4, 0.5) is 10.1 Å². The van der Waals surface area contributed by atoms with Gasteiger partial charge in [-0.15, -0.1) is 0 Å². The third-order valence-electron chi connectivity index (χ3n) is 4.56. The molecule has 1 N–H and O–H groups in total. The van der Waals surface area contributed by atoms with Gasteiger partial charge in [0.1, 0.15) is 11.5 Å². The molecule has 0 unspecified atom stereocenters. The summed E-state index contributed by atoms with van der Waals surface area (Å²) in [6.07, 6.45) is 0.293. The Labute approximate surface area is 149 Å². The lowest BCUT2D eigenvalue weighted by molar-refractivity contribution is 0.0952. The first-order valence-corrected chi connectivity index (χ1v) is 8.30. The molecule has 1 aliphatic rings. The zero-order valence-corrected chi connectivity index (χ0v) is 14.1. The smallest absolute Gasteiger partial charge is 0.276 e. The van der Waals surface area contributed by atoms with Gasteiger partial charge in [-0.3, -0.25) is 14.7 Å². The Morgan fingerprint density at radius 2 is 2.00 bits per heavy atom. The number of aromatic nitrogens is 2. The maximum Gasteiger partial charge on any atom is 0.276 e. The summed E-state index contributed by atoms with van der Waals surface area (Å²) in [4.78, 5) is 26.6. The number of aryl methyl sites for hydroxylation is 1. The van der Waals surface area contributed by atoms with Gasteiger partial charge in [0.15, 0.2) is 5.78 Å². The number of amides is 1. The lowest BCUT2D eigenvalue weighted by Crippen LogP contribution is -2.37. The van der Waals surface area contributed by atoms with Crippen molar-refractivity contribution >= 4 is 17.4 Å². The fourth-order valence-corrected chi connectivity index (χ4v) is 3.15. The molecule has 0 spiro atoms.